The van der Waals surface area contributed by atoms with Crippen molar-refractivity contribution < 1.29 is 19.2 Å². The summed E-state index contributed by atoms with van der Waals surface area (Å²) >= 11 is 0. The van der Waals surface area contributed by atoms with Crippen molar-refractivity contribution in [3.05, 3.63) is 54.4 Å². The molecule has 0 saturated carbocycles. The van der Waals surface area contributed by atoms with E-state index in [-0.39, 0.29) is 6.54 Å². The number of hydrogen-bond donors (Lipinski definition) is 3. The van der Waals surface area contributed by atoms with E-state index >= 15 is 0 Å². The van der Waals surface area contributed by atoms with E-state index in [2.05, 4.69) is 15.6 Å². The van der Waals surface area contributed by atoms with E-state index in [0.29, 0.717) is 5.56 Å². The third-order valence-electron chi connectivity index (χ3n) is 3.90. The summed E-state index contributed by atoms with van der Waals surface area (Å²) in [6.07, 6.45) is 3.35. The number of benzene rings is 1. The molecule has 0 unspecified atom stereocenters. The SMILES string of the molecule is CN(C)C(=O)[C@H](CNC(=O)C(N)=O)NC(=O)c1ccc(-c2ccncc2)cc1. The average Bonchev–Trinajstić information content (AvgIpc) is 2.70. The van der Waals surface area contributed by atoms with Crippen molar-refractivity contribution in [3.63, 3.8) is 0 Å². The number of nitrogens with two attached hydrogens (primary N) is 1. The number of carbonyl (C=O) groups excluding carboxylic acids is 4. The molecule has 4 amide bonds. The van der Waals surface area contributed by atoms with Gasteiger partial charge in [0, 0.05) is 38.6 Å². The van der Waals surface area contributed by atoms with Crippen LogP contribution < -0.4 is 16.4 Å². The quantitative estimate of drug-likeness (QED) is 0.580. The number of pyridine rings is 1. The zero-order valence-electron chi connectivity index (χ0n) is 15.5. The lowest BCUT2D eigenvalue weighted by Crippen LogP contribution is -2.53. The van der Waals surface area contributed by atoms with Crippen molar-refractivity contribution >= 4 is 23.6 Å². The van der Waals surface area contributed by atoms with Crippen LogP contribution in [-0.2, 0) is 14.4 Å². The first-order valence-electron chi connectivity index (χ1n) is 8.39. The van der Waals surface area contributed by atoms with Gasteiger partial charge < -0.3 is 21.3 Å². The highest BCUT2D eigenvalue weighted by molar-refractivity contribution is 6.34. The van der Waals surface area contributed by atoms with Crippen molar-refractivity contribution in [3.8, 4) is 11.1 Å². The summed E-state index contributed by atoms with van der Waals surface area (Å²) in [6, 6.07) is 9.47. The van der Waals surface area contributed by atoms with Gasteiger partial charge in [0.25, 0.3) is 5.91 Å². The fourth-order valence-corrected chi connectivity index (χ4v) is 2.39. The second-order valence-electron chi connectivity index (χ2n) is 6.15. The second kappa shape index (κ2) is 9.26. The number of carbonyl (C=O) groups is 4. The predicted octanol–water partition coefficient (Wildman–Crippen LogP) is -0.463. The zero-order chi connectivity index (χ0) is 20.7. The van der Waals surface area contributed by atoms with Gasteiger partial charge >= 0.3 is 11.8 Å². The predicted molar refractivity (Wildman–Crippen MR) is 102 cm³/mol. The molecule has 9 nitrogen and oxygen atoms in total. The van der Waals surface area contributed by atoms with E-state index in [1.165, 1.54) is 19.0 Å². The monoisotopic (exact) mass is 383 g/mol. The molecule has 0 radical (unpaired) electrons. The lowest BCUT2D eigenvalue weighted by Gasteiger charge is -2.22. The fraction of sp³-hybridized carbons (Fsp3) is 0.211. The van der Waals surface area contributed by atoms with Crippen LogP contribution in [0.2, 0.25) is 0 Å². The van der Waals surface area contributed by atoms with Gasteiger partial charge in [-0.1, -0.05) is 12.1 Å². The number of nitrogens with zero attached hydrogens (tertiary/aromatic N) is 2. The van der Waals surface area contributed by atoms with Crippen LogP contribution >= 0.6 is 0 Å². The summed E-state index contributed by atoms with van der Waals surface area (Å²) in [6.45, 7) is -0.264. The standard InChI is InChI=1S/C19H21N5O4/c1-24(2)19(28)15(11-22-18(27)16(20)25)23-17(26)14-5-3-12(4-6-14)13-7-9-21-10-8-13/h3-10,15H,11H2,1-2H3,(H2,20,25)(H,22,27)(H,23,26)/t15-/m0/s1. The Bertz CT molecular complexity index is 866. The van der Waals surface area contributed by atoms with E-state index in [0.717, 1.165) is 11.1 Å². The van der Waals surface area contributed by atoms with Gasteiger partial charge in [0.1, 0.15) is 6.04 Å². The minimum Gasteiger partial charge on any atom is -0.361 e. The Balaban J connectivity index is 2.10. The lowest BCUT2D eigenvalue weighted by atomic mass is 10.0. The van der Waals surface area contributed by atoms with E-state index in [4.69, 9.17) is 5.73 Å². The fourth-order valence-electron chi connectivity index (χ4n) is 2.39. The highest BCUT2D eigenvalue weighted by Gasteiger charge is 2.24. The van der Waals surface area contributed by atoms with E-state index in [9.17, 15) is 19.2 Å². The maximum absolute atomic E-state index is 12.5. The highest BCUT2D eigenvalue weighted by atomic mass is 16.2. The molecule has 0 aliphatic rings. The normalized spacial score (nSPS) is 11.2. The lowest BCUT2D eigenvalue weighted by molar-refractivity contribution is -0.137. The molecule has 2 aromatic rings. The average molecular weight is 383 g/mol. The molecule has 0 bridgehead atoms. The molecule has 1 aromatic heterocycles. The van der Waals surface area contributed by atoms with Gasteiger partial charge in [-0.2, -0.15) is 0 Å². The number of primary amides is 1. The molecule has 9 heteroatoms. The number of amides is 4. The largest absolute Gasteiger partial charge is 0.361 e. The third-order valence-corrected chi connectivity index (χ3v) is 3.90. The van der Waals surface area contributed by atoms with Crippen LogP contribution in [-0.4, -0.2) is 60.2 Å². The zero-order valence-corrected chi connectivity index (χ0v) is 15.5. The summed E-state index contributed by atoms with van der Waals surface area (Å²) in [5, 5.41) is 4.78. The van der Waals surface area contributed by atoms with Crippen LogP contribution in [0.3, 0.4) is 0 Å². The van der Waals surface area contributed by atoms with Crippen LogP contribution in [0.5, 0.6) is 0 Å². The molecular formula is C19H21N5O4. The van der Waals surface area contributed by atoms with Gasteiger partial charge in [0.05, 0.1) is 0 Å². The third kappa shape index (κ3) is 5.37. The molecule has 2 rings (SSSR count). The molecule has 28 heavy (non-hydrogen) atoms. The Kier molecular flexibility index (Phi) is 6.80. The Labute approximate surface area is 161 Å². The van der Waals surface area contributed by atoms with E-state index < -0.39 is 29.7 Å². The van der Waals surface area contributed by atoms with Gasteiger partial charge in [-0.25, -0.2) is 0 Å². The Morgan fingerprint density at radius 2 is 1.57 bits per heavy atom. The van der Waals surface area contributed by atoms with Crippen molar-refractivity contribution in [1.82, 2.24) is 20.5 Å². The number of aromatic nitrogens is 1. The molecule has 146 valence electrons. The minimum atomic E-state index is -1.17. The van der Waals surface area contributed by atoms with Crippen LogP contribution in [0.25, 0.3) is 11.1 Å². The Hall–Kier alpha value is -3.75. The number of rotatable bonds is 6. The molecule has 1 heterocycles. The van der Waals surface area contributed by atoms with Gasteiger partial charge in [-0.15, -0.1) is 0 Å². The van der Waals surface area contributed by atoms with Gasteiger partial charge in [0.2, 0.25) is 5.91 Å². The molecule has 1 atom stereocenters. The minimum absolute atomic E-state index is 0.264. The van der Waals surface area contributed by atoms with Crippen LogP contribution in [0.15, 0.2) is 48.8 Å². The van der Waals surface area contributed by atoms with Gasteiger partial charge in [0.15, 0.2) is 0 Å². The summed E-state index contributed by atoms with van der Waals surface area (Å²) in [7, 11) is 3.03. The molecule has 0 aliphatic carbocycles. The van der Waals surface area contributed by atoms with Crippen molar-refractivity contribution in [2.75, 3.05) is 20.6 Å². The van der Waals surface area contributed by atoms with Crippen LogP contribution in [0.4, 0.5) is 0 Å². The second-order valence-corrected chi connectivity index (χ2v) is 6.15. The topological polar surface area (TPSA) is 134 Å². The maximum Gasteiger partial charge on any atom is 0.309 e. The number of hydrogen-bond acceptors (Lipinski definition) is 5. The Morgan fingerprint density at radius 3 is 2.11 bits per heavy atom. The molecule has 0 saturated heterocycles. The van der Waals surface area contributed by atoms with Crippen LogP contribution in [0, 0.1) is 0 Å². The summed E-state index contributed by atoms with van der Waals surface area (Å²) < 4.78 is 0. The first-order valence-corrected chi connectivity index (χ1v) is 8.39. The molecule has 1 aromatic carbocycles. The number of likely N-dealkylation sites (N-methyl/N-ethyl adjacent to an activating group) is 1. The summed E-state index contributed by atoms with van der Waals surface area (Å²) in [4.78, 5) is 52.2. The van der Waals surface area contributed by atoms with Gasteiger partial charge in [-0.05, 0) is 35.4 Å². The first-order chi connectivity index (χ1) is 13.3. The van der Waals surface area contributed by atoms with E-state index in [1.807, 2.05) is 12.1 Å². The van der Waals surface area contributed by atoms with E-state index in [1.54, 1.807) is 36.7 Å². The first kappa shape index (κ1) is 20.6. The molecule has 0 fully saturated rings. The highest BCUT2D eigenvalue weighted by Crippen LogP contribution is 2.18. The summed E-state index contributed by atoms with van der Waals surface area (Å²) in [5.74, 6) is -3.14. The summed E-state index contributed by atoms with van der Waals surface area (Å²) in [5.41, 5.74) is 7.08. The van der Waals surface area contributed by atoms with Crippen molar-refractivity contribution in [1.29, 1.82) is 0 Å². The number of nitrogens with one attached hydrogen (secondary N) is 2. The van der Waals surface area contributed by atoms with Crippen molar-refractivity contribution in [2.45, 2.75) is 6.04 Å². The molecule has 0 spiro atoms. The smallest absolute Gasteiger partial charge is 0.309 e. The molecular weight excluding hydrogens is 362 g/mol. The van der Waals surface area contributed by atoms with Gasteiger partial charge in [-0.3, -0.25) is 24.2 Å². The Morgan fingerprint density at radius 1 is 1.00 bits per heavy atom. The molecule has 0 aliphatic heterocycles. The van der Waals surface area contributed by atoms with Crippen molar-refractivity contribution in [2.24, 2.45) is 5.73 Å². The van der Waals surface area contributed by atoms with Crippen LogP contribution in [0.1, 0.15) is 10.4 Å². The maximum atomic E-state index is 12.5. The molecule has 4 N–H and O–H groups in total.